The van der Waals surface area contributed by atoms with Crippen LogP contribution in [0.15, 0.2) is 59.7 Å². The molecule has 3 aromatic rings. The summed E-state index contributed by atoms with van der Waals surface area (Å²) in [6.07, 6.45) is 5.09. The highest BCUT2D eigenvalue weighted by molar-refractivity contribution is 7.12. The van der Waals surface area contributed by atoms with Gasteiger partial charge in [0.15, 0.2) is 0 Å². The number of aryl methyl sites for hydroxylation is 1. The minimum absolute atomic E-state index is 0.125. The molecule has 0 aliphatic heterocycles. The average molecular weight is 333 g/mol. The minimum Gasteiger partial charge on any atom is -0.287 e. The van der Waals surface area contributed by atoms with E-state index in [9.17, 15) is 10.1 Å². The van der Waals surface area contributed by atoms with Gasteiger partial charge in [-0.15, -0.1) is 11.3 Å². The Hall–Kier alpha value is -2.97. The quantitative estimate of drug-likeness (QED) is 0.401. The van der Waals surface area contributed by atoms with Crippen molar-refractivity contribution in [1.29, 1.82) is 5.26 Å². The molecular weight excluding hydrogens is 318 g/mol. The average Bonchev–Trinajstić information content (AvgIpc) is 3.22. The molecule has 2 heterocycles. The maximum absolute atomic E-state index is 12.5. The van der Waals surface area contributed by atoms with E-state index in [1.165, 1.54) is 11.3 Å². The molecule has 1 aromatic carbocycles. The molecule has 5 heteroatoms. The van der Waals surface area contributed by atoms with E-state index < -0.39 is 0 Å². The number of hydrogen-bond donors (Lipinski definition) is 0. The molecule has 0 spiro atoms. The predicted octanol–water partition coefficient (Wildman–Crippen LogP) is 4.09. The third kappa shape index (κ3) is 3.50. The molecule has 0 saturated carbocycles. The molecule has 0 radical (unpaired) electrons. The summed E-state index contributed by atoms with van der Waals surface area (Å²) in [5, 5.41) is 15.5. The number of allylic oxidation sites excluding steroid dienone is 1. The second kappa shape index (κ2) is 7.07. The number of carbonyl (C=O) groups excluding carboxylic acids is 1. The van der Waals surface area contributed by atoms with Crippen molar-refractivity contribution in [2.24, 2.45) is 0 Å². The third-order valence-corrected chi connectivity index (χ3v) is 4.60. The van der Waals surface area contributed by atoms with Gasteiger partial charge in [-0.05, 0) is 35.6 Å². The largest absolute Gasteiger partial charge is 0.287 e. The fourth-order valence-electron chi connectivity index (χ4n) is 2.35. The second-order valence-corrected chi connectivity index (χ2v) is 6.30. The summed E-state index contributed by atoms with van der Waals surface area (Å²) in [5.74, 6) is -0.235. The highest BCUT2D eigenvalue weighted by atomic mass is 32.1. The van der Waals surface area contributed by atoms with Crippen LogP contribution in [0.1, 0.15) is 26.4 Å². The molecule has 0 fully saturated rings. The molecule has 0 aliphatic carbocycles. The van der Waals surface area contributed by atoms with E-state index in [2.05, 4.69) is 5.10 Å². The van der Waals surface area contributed by atoms with Crippen LogP contribution in [0.25, 0.3) is 6.08 Å². The number of ketones is 1. The van der Waals surface area contributed by atoms with Gasteiger partial charge in [0, 0.05) is 11.8 Å². The number of thiophene rings is 1. The summed E-state index contributed by atoms with van der Waals surface area (Å²) < 4.78 is 1.79. The molecule has 0 saturated heterocycles. The Labute approximate surface area is 144 Å². The van der Waals surface area contributed by atoms with Crippen LogP contribution in [0, 0.1) is 18.3 Å². The second-order valence-electron chi connectivity index (χ2n) is 5.39. The highest BCUT2D eigenvalue weighted by Crippen LogP contribution is 2.20. The zero-order valence-corrected chi connectivity index (χ0v) is 14.0. The van der Waals surface area contributed by atoms with Gasteiger partial charge in [0.1, 0.15) is 11.6 Å². The van der Waals surface area contributed by atoms with E-state index >= 15 is 0 Å². The van der Waals surface area contributed by atoms with Crippen molar-refractivity contribution in [1.82, 2.24) is 9.78 Å². The van der Waals surface area contributed by atoms with Crippen molar-refractivity contribution < 1.29 is 4.79 Å². The monoisotopic (exact) mass is 333 g/mol. The number of nitriles is 1. The molecule has 0 unspecified atom stereocenters. The standard InChI is InChI=1S/C19H15N3OS/c1-14-7-8-24-19(14)18(23)17(10-20)9-16-11-21-22(13-16)12-15-5-3-2-4-6-15/h2-9,11,13H,12H2,1H3/b17-9+. The number of aromatic nitrogens is 2. The lowest BCUT2D eigenvalue weighted by Gasteiger charge is -2.00. The van der Waals surface area contributed by atoms with Crippen LogP contribution in [0.4, 0.5) is 0 Å². The zero-order chi connectivity index (χ0) is 16.9. The summed E-state index contributed by atoms with van der Waals surface area (Å²) in [7, 11) is 0. The molecule has 24 heavy (non-hydrogen) atoms. The summed E-state index contributed by atoms with van der Waals surface area (Å²) in [6.45, 7) is 2.52. The summed E-state index contributed by atoms with van der Waals surface area (Å²) in [4.78, 5) is 13.1. The smallest absolute Gasteiger partial charge is 0.213 e. The van der Waals surface area contributed by atoms with Crippen LogP contribution in [0.5, 0.6) is 0 Å². The van der Waals surface area contributed by atoms with Gasteiger partial charge < -0.3 is 0 Å². The molecule has 2 aromatic heterocycles. The Morgan fingerprint density at radius 3 is 2.79 bits per heavy atom. The van der Waals surface area contributed by atoms with Gasteiger partial charge in [0.05, 0.1) is 17.6 Å². The first kappa shape index (κ1) is 15.9. The molecule has 0 atom stereocenters. The molecule has 0 N–H and O–H groups in total. The Kier molecular flexibility index (Phi) is 4.69. The van der Waals surface area contributed by atoms with Crippen LogP contribution < -0.4 is 0 Å². The molecule has 4 nitrogen and oxygen atoms in total. The maximum atomic E-state index is 12.5. The fourth-order valence-corrected chi connectivity index (χ4v) is 3.23. The first-order chi connectivity index (χ1) is 11.7. The first-order valence-corrected chi connectivity index (χ1v) is 8.32. The number of Topliss-reactive ketones (excluding diaryl/α,β-unsaturated/α-hetero) is 1. The molecule has 0 aliphatic rings. The van der Waals surface area contributed by atoms with Crippen LogP contribution in [-0.2, 0) is 6.54 Å². The van der Waals surface area contributed by atoms with Crippen molar-refractivity contribution in [2.75, 3.05) is 0 Å². The molecule has 0 bridgehead atoms. The van der Waals surface area contributed by atoms with E-state index in [1.54, 1.807) is 17.0 Å². The van der Waals surface area contributed by atoms with E-state index in [1.807, 2.05) is 61.0 Å². The lowest BCUT2D eigenvalue weighted by Crippen LogP contribution is -2.01. The van der Waals surface area contributed by atoms with Gasteiger partial charge in [-0.1, -0.05) is 30.3 Å². The predicted molar refractivity (Wildman–Crippen MR) is 94.7 cm³/mol. The van der Waals surface area contributed by atoms with Gasteiger partial charge in [-0.3, -0.25) is 9.48 Å². The number of benzene rings is 1. The van der Waals surface area contributed by atoms with E-state index in [0.29, 0.717) is 11.4 Å². The van der Waals surface area contributed by atoms with Gasteiger partial charge in [0.2, 0.25) is 5.78 Å². The van der Waals surface area contributed by atoms with E-state index in [0.717, 1.165) is 16.7 Å². The number of nitrogens with zero attached hydrogens (tertiary/aromatic N) is 3. The van der Waals surface area contributed by atoms with E-state index in [4.69, 9.17) is 0 Å². The van der Waals surface area contributed by atoms with Crippen LogP contribution in [0.2, 0.25) is 0 Å². The summed E-state index contributed by atoms with van der Waals surface area (Å²) >= 11 is 1.36. The van der Waals surface area contributed by atoms with Crippen LogP contribution >= 0.6 is 11.3 Å². The number of carbonyl (C=O) groups is 1. The number of rotatable bonds is 5. The van der Waals surface area contributed by atoms with Crippen molar-refractivity contribution in [2.45, 2.75) is 13.5 Å². The van der Waals surface area contributed by atoms with Gasteiger partial charge in [-0.25, -0.2) is 0 Å². The lowest BCUT2D eigenvalue weighted by atomic mass is 10.1. The molecule has 0 amide bonds. The van der Waals surface area contributed by atoms with Crippen molar-refractivity contribution >= 4 is 23.2 Å². The van der Waals surface area contributed by atoms with Crippen LogP contribution in [0.3, 0.4) is 0 Å². The van der Waals surface area contributed by atoms with Crippen molar-refractivity contribution in [3.8, 4) is 6.07 Å². The lowest BCUT2D eigenvalue weighted by molar-refractivity contribution is 0.104. The fraction of sp³-hybridized carbons (Fsp3) is 0.105. The normalized spacial score (nSPS) is 11.2. The van der Waals surface area contributed by atoms with E-state index in [-0.39, 0.29) is 11.4 Å². The topological polar surface area (TPSA) is 58.7 Å². The molecule has 118 valence electrons. The third-order valence-electron chi connectivity index (χ3n) is 3.59. The minimum atomic E-state index is -0.235. The Morgan fingerprint density at radius 1 is 1.33 bits per heavy atom. The zero-order valence-electron chi connectivity index (χ0n) is 13.1. The summed E-state index contributed by atoms with van der Waals surface area (Å²) in [6, 6.07) is 13.9. The van der Waals surface area contributed by atoms with Crippen molar-refractivity contribution in [3.63, 3.8) is 0 Å². The Bertz CT molecular complexity index is 929. The molecular formula is C19H15N3OS. The maximum Gasteiger partial charge on any atom is 0.213 e. The Morgan fingerprint density at radius 2 is 2.12 bits per heavy atom. The Balaban J connectivity index is 1.81. The van der Waals surface area contributed by atoms with Gasteiger partial charge in [0.25, 0.3) is 0 Å². The SMILES string of the molecule is Cc1ccsc1C(=O)/C(C#N)=C/c1cnn(Cc2ccccc2)c1. The number of hydrogen-bond acceptors (Lipinski definition) is 4. The first-order valence-electron chi connectivity index (χ1n) is 7.44. The highest BCUT2D eigenvalue weighted by Gasteiger charge is 2.16. The molecule has 3 rings (SSSR count). The van der Waals surface area contributed by atoms with Gasteiger partial charge >= 0.3 is 0 Å². The van der Waals surface area contributed by atoms with Gasteiger partial charge in [-0.2, -0.15) is 10.4 Å². The van der Waals surface area contributed by atoms with Crippen LogP contribution in [-0.4, -0.2) is 15.6 Å². The summed E-state index contributed by atoms with van der Waals surface area (Å²) in [5.41, 5.74) is 2.90. The van der Waals surface area contributed by atoms with Crippen molar-refractivity contribution in [3.05, 3.63) is 81.3 Å².